The molecule has 0 aliphatic heterocycles. The van der Waals surface area contributed by atoms with Gasteiger partial charge in [-0.1, -0.05) is 30.3 Å². The average molecular weight is 327 g/mol. The van der Waals surface area contributed by atoms with Gasteiger partial charge in [-0.3, -0.25) is 4.99 Å². The van der Waals surface area contributed by atoms with Gasteiger partial charge in [0.25, 0.3) is 0 Å². The number of benzene rings is 2. The second-order valence-corrected chi connectivity index (χ2v) is 4.95. The van der Waals surface area contributed by atoms with Crippen LogP contribution >= 0.6 is 0 Å². The zero-order chi connectivity index (χ0) is 17.4. The van der Waals surface area contributed by atoms with Gasteiger partial charge in [-0.2, -0.15) is 0 Å². The lowest BCUT2D eigenvalue weighted by Gasteiger charge is -2.16. The number of ether oxygens (including phenoxy) is 3. The number of methoxy groups -OCH3 is 2. The number of hydrogen-bond donors (Lipinski definition) is 0. The van der Waals surface area contributed by atoms with Gasteiger partial charge in [-0.05, 0) is 24.6 Å². The molecule has 0 fully saturated rings. The Morgan fingerprint density at radius 1 is 1.12 bits per heavy atom. The third kappa shape index (κ3) is 4.35. The van der Waals surface area contributed by atoms with Crippen LogP contribution in [0.3, 0.4) is 0 Å². The highest BCUT2D eigenvalue weighted by atomic mass is 16.5. The molecule has 24 heavy (non-hydrogen) atoms. The van der Waals surface area contributed by atoms with E-state index in [-0.39, 0.29) is 6.61 Å². The molecule has 0 aliphatic carbocycles. The van der Waals surface area contributed by atoms with E-state index in [1.54, 1.807) is 45.6 Å². The van der Waals surface area contributed by atoms with Gasteiger partial charge in [-0.15, -0.1) is 0 Å². The highest BCUT2D eigenvalue weighted by Gasteiger charge is 2.24. The Hall–Kier alpha value is -2.82. The maximum Gasteiger partial charge on any atom is 0.335 e. The molecule has 0 amide bonds. The molecule has 0 heterocycles. The van der Waals surface area contributed by atoms with Crippen LogP contribution in [-0.4, -0.2) is 33.0 Å². The molecule has 5 nitrogen and oxygen atoms in total. The van der Waals surface area contributed by atoms with E-state index in [0.717, 1.165) is 5.56 Å². The Labute approximate surface area is 141 Å². The van der Waals surface area contributed by atoms with Gasteiger partial charge in [0, 0.05) is 17.8 Å². The largest absolute Gasteiger partial charge is 0.497 e. The molecule has 0 spiro atoms. The fourth-order valence-electron chi connectivity index (χ4n) is 2.23. The van der Waals surface area contributed by atoms with Crippen molar-refractivity contribution in [2.24, 2.45) is 4.99 Å². The minimum Gasteiger partial charge on any atom is -0.497 e. The molecule has 1 unspecified atom stereocenters. The second kappa shape index (κ2) is 8.72. The van der Waals surface area contributed by atoms with E-state index in [2.05, 4.69) is 4.99 Å². The van der Waals surface area contributed by atoms with E-state index in [0.29, 0.717) is 17.1 Å². The molecule has 1 atom stereocenters. The van der Waals surface area contributed by atoms with Crippen molar-refractivity contribution < 1.29 is 19.0 Å². The van der Waals surface area contributed by atoms with Crippen molar-refractivity contribution in [1.29, 1.82) is 0 Å². The van der Waals surface area contributed by atoms with Gasteiger partial charge in [0.1, 0.15) is 11.5 Å². The summed E-state index contributed by atoms with van der Waals surface area (Å²) in [4.78, 5) is 16.8. The molecule has 0 bridgehead atoms. The van der Waals surface area contributed by atoms with E-state index in [1.165, 1.54) is 0 Å². The minimum atomic E-state index is -0.800. The standard InChI is InChI=1S/C19H21NO4/c1-4-24-19(21)18(20-13-14-8-6-5-7-9-14)16-11-10-15(22-2)12-17(16)23-3/h5-13,18H,4H2,1-3H3/b20-13+. The molecular weight excluding hydrogens is 306 g/mol. The van der Waals surface area contributed by atoms with Crippen molar-refractivity contribution >= 4 is 12.2 Å². The molecule has 0 aromatic heterocycles. The van der Waals surface area contributed by atoms with Crippen molar-refractivity contribution in [1.82, 2.24) is 0 Å². The number of rotatable bonds is 7. The number of aliphatic imine (C=N–C) groups is 1. The summed E-state index contributed by atoms with van der Waals surface area (Å²) in [6.07, 6.45) is 1.66. The first-order valence-electron chi connectivity index (χ1n) is 7.66. The lowest BCUT2D eigenvalue weighted by molar-refractivity contribution is -0.144. The summed E-state index contributed by atoms with van der Waals surface area (Å²) in [5.74, 6) is 0.746. The lowest BCUT2D eigenvalue weighted by atomic mass is 10.1. The van der Waals surface area contributed by atoms with Crippen LogP contribution in [0.2, 0.25) is 0 Å². The van der Waals surface area contributed by atoms with Crippen molar-refractivity contribution in [2.75, 3.05) is 20.8 Å². The Kier molecular flexibility index (Phi) is 6.37. The second-order valence-electron chi connectivity index (χ2n) is 4.95. The van der Waals surface area contributed by atoms with Gasteiger partial charge < -0.3 is 14.2 Å². The van der Waals surface area contributed by atoms with Crippen LogP contribution in [0.1, 0.15) is 24.1 Å². The molecule has 0 saturated carbocycles. The van der Waals surface area contributed by atoms with Gasteiger partial charge >= 0.3 is 5.97 Å². The first kappa shape index (κ1) is 17.5. The Bertz CT molecular complexity index is 698. The fraction of sp³-hybridized carbons (Fsp3) is 0.263. The van der Waals surface area contributed by atoms with Crippen LogP contribution in [-0.2, 0) is 9.53 Å². The average Bonchev–Trinajstić information content (AvgIpc) is 2.63. The summed E-state index contributed by atoms with van der Waals surface area (Å²) in [5.41, 5.74) is 1.53. The lowest BCUT2D eigenvalue weighted by Crippen LogP contribution is -2.15. The molecule has 0 saturated heterocycles. The molecule has 2 rings (SSSR count). The number of carbonyl (C=O) groups is 1. The highest BCUT2D eigenvalue weighted by molar-refractivity contribution is 5.85. The van der Waals surface area contributed by atoms with Crippen LogP contribution < -0.4 is 9.47 Å². The third-order valence-corrected chi connectivity index (χ3v) is 3.42. The third-order valence-electron chi connectivity index (χ3n) is 3.42. The molecule has 0 N–H and O–H groups in total. The monoisotopic (exact) mass is 327 g/mol. The van der Waals surface area contributed by atoms with Crippen molar-refractivity contribution in [2.45, 2.75) is 13.0 Å². The molecule has 2 aromatic carbocycles. The fourth-order valence-corrected chi connectivity index (χ4v) is 2.23. The van der Waals surface area contributed by atoms with Crippen LogP contribution in [0, 0.1) is 0 Å². The van der Waals surface area contributed by atoms with Gasteiger partial charge in [0.2, 0.25) is 0 Å². The van der Waals surface area contributed by atoms with Crippen LogP contribution in [0.15, 0.2) is 53.5 Å². The molecule has 126 valence electrons. The van der Waals surface area contributed by atoms with Crippen LogP contribution in [0.25, 0.3) is 0 Å². The number of esters is 1. The molecule has 5 heteroatoms. The van der Waals surface area contributed by atoms with E-state index in [4.69, 9.17) is 14.2 Å². The summed E-state index contributed by atoms with van der Waals surface area (Å²) >= 11 is 0. The Morgan fingerprint density at radius 3 is 2.50 bits per heavy atom. The maximum atomic E-state index is 12.4. The maximum absolute atomic E-state index is 12.4. The number of carbonyl (C=O) groups excluding carboxylic acids is 1. The summed E-state index contributed by atoms with van der Waals surface area (Å²) in [6.45, 7) is 2.05. The molecule has 0 aliphatic rings. The summed E-state index contributed by atoms with van der Waals surface area (Å²) in [5, 5.41) is 0. The minimum absolute atomic E-state index is 0.286. The SMILES string of the molecule is CCOC(=O)C(/N=C/c1ccccc1)c1ccc(OC)cc1OC. The summed E-state index contributed by atoms with van der Waals surface area (Å²) in [7, 11) is 3.12. The number of hydrogen-bond acceptors (Lipinski definition) is 5. The first-order chi connectivity index (χ1) is 11.7. The first-order valence-corrected chi connectivity index (χ1v) is 7.66. The smallest absolute Gasteiger partial charge is 0.335 e. The summed E-state index contributed by atoms with van der Waals surface area (Å²) < 4.78 is 15.7. The topological polar surface area (TPSA) is 57.1 Å². The predicted molar refractivity (Wildman–Crippen MR) is 93.0 cm³/mol. The zero-order valence-corrected chi connectivity index (χ0v) is 14.1. The molecular formula is C19H21NO4. The Balaban J connectivity index is 2.39. The van der Waals surface area contributed by atoms with Crippen LogP contribution in [0.5, 0.6) is 11.5 Å². The predicted octanol–water partition coefficient (Wildman–Crippen LogP) is 3.43. The van der Waals surface area contributed by atoms with Crippen molar-refractivity contribution in [3.05, 3.63) is 59.7 Å². The van der Waals surface area contributed by atoms with Gasteiger partial charge in [0.05, 0.1) is 20.8 Å². The Morgan fingerprint density at radius 2 is 1.88 bits per heavy atom. The quantitative estimate of drug-likeness (QED) is 0.577. The van der Waals surface area contributed by atoms with Crippen molar-refractivity contribution in [3.8, 4) is 11.5 Å². The van der Waals surface area contributed by atoms with Gasteiger partial charge in [0.15, 0.2) is 6.04 Å². The van der Waals surface area contributed by atoms with E-state index >= 15 is 0 Å². The van der Waals surface area contributed by atoms with Crippen molar-refractivity contribution in [3.63, 3.8) is 0 Å². The van der Waals surface area contributed by atoms with Gasteiger partial charge in [-0.25, -0.2) is 4.79 Å². The normalized spacial score (nSPS) is 12.0. The molecule has 2 aromatic rings. The van der Waals surface area contributed by atoms with Crippen LogP contribution in [0.4, 0.5) is 0 Å². The van der Waals surface area contributed by atoms with E-state index in [1.807, 2.05) is 30.3 Å². The summed E-state index contributed by atoms with van der Waals surface area (Å²) in [6, 6.07) is 14.0. The van der Waals surface area contributed by atoms with E-state index < -0.39 is 12.0 Å². The van der Waals surface area contributed by atoms with E-state index in [9.17, 15) is 4.79 Å². The highest BCUT2D eigenvalue weighted by Crippen LogP contribution is 2.32. The zero-order valence-electron chi connectivity index (χ0n) is 14.1. The molecule has 0 radical (unpaired) electrons. The number of nitrogens with zero attached hydrogens (tertiary/aromatic N) is 1.